The van der Waals surface area contributed by atoms with Crippen LogP contribution in [0.2, 0.25) is 0 Å². The summed E-state index contributed by atoms with van der Waals surface area (Å²) in [6.07, 6.45) is 3.31. The number of piperidine rings is 1. The van der Waals surface area contributed by atoms with Gasteiger partial charge in [-0.15, -0.1) is 0 Å². The third-order valence-corrected chi connectivity index (χ3v) is 4.22. The van der Waals surface area contributed by atoms with Gasteiger partial charge in [-0.25, -0.2) is 4.98 Å². The number of nitrogens with zero attached hydrogens (tertiary/aromatic N) is 1. The third-order valence-electron chi connectivity index (χ3n) is 4.22. The topological polar surface area (TPSA) is 85.6 Å². The van der Waals surface area contributed by atoms with Gasteiger partial charge < -0.3 is 24.5 Å². The zero-order chi connectivity index (χ0) is 16.4. The maximum Gasteiger partial charge on any atom is 0.274 e. The highest BCUT2D eigenvalue weighted by molar-refractivity contribution is 5.97. The van der Waals surface area contributed by atoms with E-state index in [1.165, 1.54) is 6.39 Å². The number of aromatic nitrogens is 1. The Morgan fingerprint density at radius 1 is 1.25 bits per heavy atom. The van der Waals surface area contributed by atoms with Crippen LogP contribution in [0.1, 0.15) is 23.3 Å². The normalized spacial score (nSPS) is 19.8. The molecule has 0 radical (unpaired) electrons. The molecular formula is C17H19N3O4. The number of benzene rings is 1. The molecule has 1 aromatic heterocycles. The first-order chi connectivity index (χ1) is 11.8. The molecule has 24 heavy (non-hydrogen) atoms. The third kappa shape index (κ3) is 2.94. The maximum absolute atomic E-state index is 12.5. The van der Waals surface area contributed by atoms with E-state index < -0.39 is 0 Å². The first kappa shape index (κ1) is 15.0. The van der Waals surface area contributed by atoms with Gasteiger partial charge in [0, 0.05) is 18.2 Å². The van der Waals surface area contributed by atoms with Crippen LogP contribution in [0.25, 0.3) is 11.3 Å². The summed E-state index contributed by atoms with van der Waals surface area (Å²) in [5.74, 6) is 1.57. The number of rotatable bonds is 3. The Morgan fingerprint density at radius 3 is 2.96 bits per heavy atom. The van der Waals surface area contributed by atoms with Crippen molar-refractivity contribution in [1.29, 1.82) is 0 Å². The van der Waals surface area contributed by atoms with Gasteiger partial charge in [0.1, 0.15) is 13.2 Å². The maximum atomic E-state index is 12.5. The summed E-state index contributed by atoms with van der Waals surface area (Å²) in [5, 5.41) is 6.29. The van der Waals surface area contributed by atoms with Gasteiger partial charge >= 0.3 is 0 Å². The second-order valence-electron chi connectivity index (χ2n) is 5.91. The molecule has 1 amide bonds. The lowest BCUT2D eigenvalue weighted by Crippen LogP contribution is -2.45. The zero-order valence-electron chi connectivity index (χ0n) is 13.2. The highest BCUT2D eigenvalue weighted by Crippen LogP contribution is 2.35. The molecule has 7 heteroatoms. The van der Waals surface area contributed by atoms with E-state index in [0.717, 1.165) is 31.5 Å². The van der Waals surface area contributed by atoms with Gasteiger partial charge in [0.15, 0.2) is 29.3 Å². The standard InChI is InChI=1S/C17H19N3O4/c21-17(20-12-2-1-5-18-9-12)15-16(24-10-19-15)11-3-4-13-14(8-11)23-7-6-22-13/h3-4,8,10,12,18H,1-2,5-7,9H2,(H,20,21)/t12-/m0/s1. The number of hydrogen-bond donors (Lipinski definition) is 2. The minimum atomic E-state index is -0.220. The number of oxazole rings is 1. The lowest BCUT2D eigenvalue weighted by atomic mass is 10.1. The summed E-state index contributed by atoms with van der Waals surface area (Å²) in [4.78, 5) is 16.6. The molecule has 2 N–H and O–H groups in total. The first-order valence-corrected chi connectivity index (χ1v) is 8.16. The lowest BCUT2D eigenvalue weighted by Gasteiger charge is -2.23. The predicted octanol–water partition coefficient (Wildman–Crippen LogP) is 1.59. The molecule has 0 unspecified atom stereocenters. The molecule has 0 saturated carbocycles. The van der Waals surface area contributed by atoms with Gasteiger partial charge in [0.25, 0.3) is 5.91 Å². The number of carbonyl (C=O) groups excluding carboxylic acids is 1. The molecule has 2 aromatic rings. The number of hydrogen-bond acceptors (Lipinski definition) is 6. The lowest BCUT2D eigenvalue weighted by molar-refractivity contribution is 0.0926. The van der Waals surface area contributed by atoms with Crippen molar-refractivity contribution in [2.75, 3.05) is 26.3 Å². The summed E-state index contributed by atoms with van der Waals surface area (Å²) in [6, 6.07) is 5.59. The smallest absolute Gasteiger partial charge is 0.274 e. The average molecular weight is 329 g/mol. The van der Waals surface area contributed by atoms with Crippen molar-refractivity contribution in [3.05, 3.63) is 30.3 Å². The fourth-order valence-electron chi connectivity index (χ4n) is 3.03. The summed E-state index contributed by atoms with van der Waals surface area (Å²) in [6.45, 7) is 2.83. The number of carbonyl (C=O) groups is 1. The van der Waals surface area contributed by atoms with Crippen molar-refractivity contribution in [3.8, 4) is 22.8 Å². The summed E-state index contributed by atoms with van der Waals surface area (Å²) < 4.78 is 16.6. The summed E-state index contributed by atoms with van der Waals surface area (Å²) in [5.41, 5.74) is 1.03. The van der Waals surface area contributed by atoms with Crippen molar-refractivity contribution in [2.24, 2.45) is 0 Å². The van der Waals surface area contributed by atoms with Crippen LogP contribution in [-0.2, 0) is 0 Å². The van der Waals surface area contributed by atoms with Crippen LogP contribution >= 0.6 is 0 Å². The van der Waals surface area contributed by atoms with Crippen LogP contribution in [-0.4, -0.2) is 43.2 Å². The largest absolute Gasteiger partial charge is 0.486 e. The number of amides is 1. The van der Waals surface area contributed by atoms with E-state index in [-0.39, 0.29) is 17.6 Å². The number of ether oxygens (including phenoxy) is 2. The Bertz CT molecular complexity index is 737. The second-order valence-corrected chi connectivity index (χ2v) is 5.91. The molecule has 0 bridgehead atoms. The van der Waals surface area contributed by atoms with Crippen molar-refractivity contribution in [2.45, 2.75) is 18.9 Å². The fraction of sp³-hybridized carbons (Fsp3) is 0.412. The monoisotopic (exact) mass is 329 g/mol. The van der Waals surface area contributed by atoms with Crippen molar-refractivity contribution in [1.82, 2.24) is 15.6 Å². The molecule has 0 spiro atoms. The van der Waals surface area contributed by atoms with Gasteiger partial charge in [0.05, 0.1) is 0 Å². The van der Waals surface area contributed by atoms with E-state index in [4.69, 9.17) is 13.9 Å². The van der Waals surface area contributed by atoms with Gasteiger partial charge in [-0.2, -0.15) is 0 Å². The molecule has 7 nitrogen and oxygen atoms in total. The zero-order valence-corrected chi connectivity index (χ0v) is 13.2. The van der Waals surface area contributed by atoms with Gasteiger partial charge in [-0.1, -0.05) is 0 Å². The average Bonchev–Trinajstić information content (AvgIpc) is 3.12. The van der Waals surface area contributed by atoms with Crippen LogP contribution in [0.3, 0.4) is 0 Å². The van der Waals surface area contributed by atoms with Gasteiger partial charge in [-0.05, 0) is 37.6 Å². The van der Waals surface area contributed by atoms with Crippen molar-refractivity contribution >= 4 is 5.91 Å². The molecule has 0 aliphatic carbocycles. The van der Waals surface area contributed by atoms with E-state index in [9.17, 15) is 4.79 Å². The van der Waals surface area contributed by atoms with E-state index in [1.54, 1.807) is 0 Å². The molecule has 2 aliphatic heterocycles. The minimum Gasteiger partial charge on any atom is -0.486 e. The van der Waals surface area contributed by atoms with E-state index in [2.05, 4.69) is 15.6 Å². The molecule has 1 atom stereocenters. The van der Waals surface area contributed by atoms with Gasteiger partial charge in [0.2, 0.25) is 0 Å². The summed E-state index contributed by atoms with van der Waals surface area (Å²) >= 11 is 0. The van der Waals surface area contributed by atoms with E-state index in [1.807, 2.05) is 18.2 Å². The van der Waals surface area contributed by atoms with Crippen LogP contribution in [0.4, 0.5) is 0 Å². The van der Waals surface area contributed by atoms with Crippen LogP contribution in [0.15, 0.2) is 29.0 Å². The first-order valence-electron chi connectivity index (χ1n) is 8.16. The number of nitrogens with one attached hydrogen (secondary N) is 2. The molecule has 2 aliphatic rings. The Balaban J connectivity index is 1.56. The Hall–Kier alpha value is -2.54. The van der Waals surface area contributed by atoms with Crippen LogP contribution in [0, 0.1) is 0 Å². The molecule has 1 aromatic carbocycles. The quantitative estimate of drug-likeness (QED) is 0.889. The number of fused-ring (bicyclic) bond motifs is 1. The second kappa shape index (κ2) is 6.52. The Kier molecular flexibility index (Phi) is 4.08. The molecule has 1 fully saturated rings. The minimum absolute atomic E-state index is 0.121. The van der Waals surface area contributed by atoms with Crippen molar-refractivity contribution < 1.29 is 18.7 Å². The summed E-state index contributed by atoms with van der Waals surface area (Å²) in [7, 11) is 0. The fourth-order valence-corrected chi connectivity index (χ4v) is 3.03. The molecule has 1 saturated heterocycles. The Morgan fingerprint density at radius 2 is 2.12 bits per heavy atom. The van der Waals surface area contributed by atoms with Crippen LogP contribution in [0.5, 0.6) is 11.5 Å². The Labute approximate surface area is 139 Å². The van der Waals surface area contributed by atoms with E-state index in [0.29, 0.717) is 30.5 Å². The molecule has 3 heterocycles. The molecule has 126 valence electrons. The van der Waals surface area contributed by atoms with Crippen LogP contribution < -0.4 is 20.1 Å². The predicted molar refractivity (Wildman–Crippen MR) is 86.3 cm³/mol. The highest BCUT2D eigenvalue weighted by Gasteiger charge is 2.23. The van der Waals surface area contributed by atoms with Crippen molar-refractivity contribution in [3.63, 3.8) is 0 Å². The molecular weight excluding hydrogens is 310 g/mol. The highest BCUT2D eigenvalue weighted by atomic mass is 16.6. The van der Waals surface area contributed by atoms with Gasteiger partial charge in [-0.3, -0.25) is 4.79 Å². The SMILES string of the molecule is O=C(N[C@H]1CCCNC1)c1ncoc1-c1ccc2c(c1)OCCO2. The van der Waals surface area contributed by atoms with E-state index >= 15 is 0 Å². The molecule has 4 rings (SSSR count).